The zero-order valence-electron chi connectivity index (χ0n) is 11.1. The second-order valence-corrected chi connectivity index (χ2v) is 5.52. The van der Waals surface area contributed by atoms with Crippen LogP contribution < -0.4 is 0 Å². The Bertz CT molecular complexity index is 638. The van der Waals surface area contributed by atoms with Gasteiger partial charge in [-0.05, 0) is 44.5 Å². The first-order chi connectivity index (χ1) is 8.97. The van der Waals surface area contributed by atoms with Crippen LogP contribution in [-0.4, -0.2) is 16.1 Å². The number of pyridine rings is 1. The predicted molar refractivity (Wildman–Crippen MR) is 76.0 cm³/mol. The average molecular weight is 273 g/mol. The van der Waals surface area contributed by atoms with Gasteiger partial charge in [-0.2, -0.15) is 0 Å². The Morgan fingerprint density at radius 2 is 1.89 bits per heavy atom. The normalized spacial score (nSPS) is 10.5. The molecule has 0 bridgehead atoms. The lowest BCUT2D eigenvalue weighted by atomic mass is 10.2. The Labute approximate surface area is 116 Å². The van der Waals surface area contributed by atoms with Crippen LogP contribution in [0.15, 0.2) is 40.3 Å². The van der Waals surface area contributed by atoms with Crippen molar-refractivity contribution in [3.05, 3.63) is 52.7 Å². The SMILES string of the molecule is Cc1ccc(Sc2ccc(C(=O)O)c(C)n2)c(C)c1. The molecular formula is C15H15NO2S. The summed E-state index contributed by atoms with van der Waals surface area (Å²) in [5.41, 5.74) is 3.23. The van der Waals surface area contributed by atoms with E-state index in [9.17, 15) is 4.79 Å². The monoisotopic (exact) mass is 273 g/mol. The summed E-state index contributed by atoms with van der Waals surface area (Å²) in [4.78, 5) is 16.4. The maximum atomic E-state index is 10.9. The van der Waals surface area contributed by atoms with Crippen LogP contribution in [0.3, 0.4) is 0 Å². The van der Waals surface area contributed by atoms with E-state index in [0.29, 0.717) is 5.69 Å². The van der Waals surface area contributed by atoms with Crippen molar-refractivity contribution < 1.29 is 9.90 Å². The van der Waals surface area contributed by atoms with E-state index >= 15 is 0 Å². The van der Waals surface area contributed by atoms with E-state index < -0.39 is 5.97 Å². The van der Waals surface area contributed by atoms with Gasteiger partial charge in [-0.15, -0.1) is 0 Å². The van der Waals surface area contributed by atoms with Crippen molar-refractivity contribution in [3.63, 3.8) is 0 Å². The van der Waals surface area contributed by atoms with Gasteiger partial charge in [0.15, 0.2) is 0 Å². The van der Waals surface area contributed by atoms with Gasteiger partial charge in [0.05, 0.1) is 11.3 Å². The molecule has 0 spiro atoms. The van der Waals surface area contributed by atoms with Crippen LogP contribution in [-0.2, 0) is 0 Å². The number of aromatic nitrogens is 1. The van der Waals surface area contributed by atoms with Crippen molar-refractivity contribution in [2.45, 2.75) is 30.7 Å². The van der Waals surface area contributed by atoms with Crippen LogP contribution >= 0.6 is 11.8 Å². The molecule has 2 rings (SSSR count). The Kier molecular flexibility index (Phi) is 3.90. The molecule has 1 heterocycles. The lowest BCUT2D eigenvalue weighted by molar-refractivity contribution is 0.0695. The molecule has 0 unspecified atom stereocenters. The standard InChI is InChI=1S/C15H15NO2S/c1-9-4-6-13(10(2)8-9)19-14-7-5-12(15(17)18)11(3)16-14/h4-8H,1-3H3,(H,17,18). The quantitative estimate of drug-likeness (QED) is 0.922. The van der Waals surface area contributed by atoms with Crippen LogP contribution in [0, 0.1) is 20.8 Å². The molecule has 3 nitrogen and oxygen atoms in total. The number of rotatable bonds is 3. The fourth-order valence-corrected chi connectivity index (χ4v) is 2.75. The predicted octanol–water partition coefficient (Wildman–Crippen LogP) is 3.86. The number of aromatic carboxylic acids is 1. The maximum absolute atomic E-state index is 10.9. The molecule has 1 aromatic heterocycles. The lowest BCUT2D eigenvalue weighted by Crippen LogP contribution is -2.01. The molecule has 1 aromatic carbocycles. The molecule has 0 amide bonds. The minimum absolute atomic E-state index is 0.255. The van der Waals surface area contributed by atoms with Crippen molar-refractivity contribution in [3.8, 4) is 0 Å². The topological polar surface area (TPSA) is 50.2 Å². The summed E-state index contributed by atoms with van der Waals surface area (Å²) in [5, 5.41) is 9.79. The van der Waals surface area contributed by atoms with Crippen LogP contribution in [0.1, 0.15) is 27.2 Å². The number of aryl methyl sites for hydroxylation is 3. The first-order valence-electron chi connectivity index (χ1n) is 5.93. The van der Waals surface area contributed by atoms with Crippen molar-refractivity contribution in [2.24, 2.45) is 0 Å². The molecule has 0 saturated heterocycles. The first-order valence-corrected chi connectivity index (χ1v) is 6.75. The van der Waals surface area contributed by atoms with Gasteiger partial charge in [0.25, 0.3) is 0 Å². The molecule has 98 valence electrons. The molecule has 19 heavy (non-hydrogen) atoms. The van der Waals surface area contributed by atoms with Gasteiger partial charge in [0.2, 0.25) is 0 Å². The minimum Gasteiger partial charge on any atom is -0.478 e. The molecule has 0 radical (unpaired) electrons. The highest BCUT2D eigenvalue weighted by atomic mass is 32.2. The molecule has 0 saturated carbocycles. The number of carbonyl (C=O) groups is 1. The molecule has 0 aliphatic heterocycles. The Morgan fingerprint density at radius 3 is 2.47 bits per heavy atom. The second kappa shape index (κ2) is 5.45. The summed E-state index contributed by atoms with van der Waals surface area (Å²) in [7, 11) is 0. The third-order valence-electron chi connectivity index (χ3n) is 2.84. The van der Waals surface area contributed by atoms with Crippen molar-refractivity contribution in [1.29, 1.82) is 0 Å². The summed E-state index contributed by atoms with van der Waals surface area (Å²) < 4.78 is 0. The van der Waals surface area contributed by atoms with E-state index in [1.54, 1.807) is 30.8 Å². The number of hydrogen-bond acceptors (Lipinski definition) is 3. The number of hydrogen-bond donors (Lipinski definition) is 1. The largest absolute Gasteiger partial charge is 0.478 e. The van der Waals surface area contributed by atoms with E-state index in [2.05, 4.69) is 37.0 Å². The number of nitrogens with zero attached hydrogens (tertiary/aromatic N) is 1. The third kappa shape index (κ3) is 3.15. The van der Waals surface area contributed by atoms with Crippen LogP contribution in [0.2, 0.25) is 0 Å². The average Bonchev–Trinajstić information content (AvgIpc) is 2.32. The molecule has 4 heteroatoms. The minimum atomic E-state index is -0.937. The van der Waals surface area contributed by atoms with E-state index in [0.717, 1.165) is 9.92 Å². The molecule has 0 fully saturated rings. The smallest absolute Gasteiger partial charge is 0.337 e. The zero-order chi connectivity index (χ0) is 14.0. The van der Waals surface area contributed by atoms with E-state index in [-0.39, 0.29) is 5.56 Å². The highest BCUT2D eigenvalue weighted by molar-refractivity contribution is 7.99. The fraction of sp³-hybridized carbons (Fsp3) is 0.200. The van der Waals surface area contributed by atoms with Crippen LogP contribution in [0.25, 0.3) is 0 Å². The van der Waals surface area contributed by atoms with Gasteiger partial charge in [0, 0.05) is 4.90 Å². The summed E-state index contributed by atoms with van der Waals surface area (Å²) in [6.45, 7) is 5.84. The van der Waals surface area contributed by atoms with Gasteiger partial charge in [0.1, 0.15) is 5.03 Å². The molecule has 0 aliphatic carbocycles. The molecule has 1 N–H and O–H groups in total. The summed E-state index contributed by atoms with van der Waals surface area (Å²) in [6.07, 6.45) is 0. The van der Waals surface area contributed by atoms with E-state index in [1.165, 1.54) is 11.1 Å². The Hall–Kier alpha value is -1.81. The van der Waals surface area contributed by atoms with E-state index in [4.69, 9.17) is 5.11 Å². The zero-order valence-corrected chi connectivity index (χ0v) is 11.9. The first kappa shape index (κ1) is 13.6. The van der Waals surface area contributed by atoms with E-state index in [1.807, 2.05) is 0 Å². The van der Waals surface area contributed by atoms with Crippen LogP contribution in [0.4, 0.5) is 0 Å². The van der Waals surface area contributed by atoms with Gasteiger partial charge < -0.3 is 5.11 Å². The van der Waals surface area contributed by atoms with Gasteiger partial charge in [-0.1, -0.05) is 29.5 Å². The number of carboxylic acid groups (broad SMARTS) is 1. The fourth-order valence-electron chi connectivity index (χ4n) is 1.85. The molecule has 0 aliphatic rings. The highest BCUT2D eigenvalue weighted by Crippen LogP contribution is 2.29. The van der Waals surface area contributed by atoms with Gasteiger partial charge in [-0.25, -0.2) is 9.78 Å². The number of benzene rings is 1. The second-order valence-electron chi connectivity index (χ2n) is 4.46. The van der Waals surface area contributed by atoms with Crippen molar-refractivity contribution in [2.75, 3.05) is 0 Å². The summed E-state index contributed by atoms with van der Waals surface area (Å²) in [6, 6.07) is 9.61. The maximum Gasteiger partial charge on any atom is 0.337 e. The third-order valence-corrected chi connectivity index (χ3v) is 3.95. The highest BCUT2D eigenvalue weighted by Gasteiger charge is 2.10. The summed E-state index contributed by atoms with van der Waals surface area (Å²) in [5.74, 6) is -0.937. The van der Waals surface area contributed by atoms with Crippen LogP contribution in [0.5, 0.6) is 0 Å². The number of carboxylic acids is 1. The van der Waals surface area contributed by atoms with Crippen molar-refractivity contribution in [1.82, 2.24) is 4.98 Å². The Balaban J connectivity index is 2.29. The van der Waals surface area contributed by atoms with Gasteiger partial charge in [-0.3, -0.25) is 0 Å². The lowest BCUT2D eigenvalue weighted by Gasteiger charge is -2.07. The Morgan fingerprint density at radius 1 is 1.16 bits per heavy atom. The molecule has 0 atom stereocenters. The summed E-state index contributed by atoms with van der Waals surface area (Å²) >= 11 is 1.55. The molecular weight excluding hydrogens is 258 g/mol. The van der Waals surface area contributed by atoms with Crippen molar-refractivity contribution >= 4 is 17.7 Å². The molecule has 2 aromatic rings. The van der Waals surface area contributed by atoms with Gasteiger partial charge >= 0.3 is 5.97 Å².